The van der Waals surface area contributed by atoms with Gasteiger partial charge in [-0.3, -0.25) is 15.2 Å². The fourth-order valence-electron chi connectivity index (χ4n) is 3.56. The molecule has 2 aromatic heterocycles. The molecule has 2 aromatic carbocycles. The van der Waals surface area contributed by atoms with Crippen LogP contribution in [0, 0.1) is 0 Å². The number of carbonyl (C=O) groups is 2. The van der Waals surface area contributed by atoms with Gasteiger partial charge in [0.05, 0.1) is 16.8 Å². The summed E-state index contributed by atoms with van der Waals surface area (Å²) in [5.74, 6) is -0.559. The van der Waals surface area contributed by atoms with Gasteiger partial charge in [0.25, 0.3) is 5.91 Å². The van der Waals surface area contributed by atoms with E-state index in [4.69, 9.17) is 0 Å². The van der Waals surface area contributed by atoms with Crippen molar-refractivity contribution in [1.29, 1.82) is 0 Å². The minimum Gasteiger partial charge on any atom is -0.463 e. The van der Waals surface area contributed by atoms with Crippen LogP contribution < -0.4 is 15.3 Å². The van der Waals surface area contributed by atoms with E-state index in [2.05, 4.69) is 20.2 Å². The van der Waals surface area contributed by atoms with Crippen molar-refractivity contribution in [1.82, 2.24) is 15.3 Å². The first-order valence-corrected chi connectivity index (χ1v) is 11.9. The van der Waals surface area contributed by atoms with Crippen LogP contribution in [0.1, 0.15) is 10.4 Å². The maximum Gasteiger partial charge on any atom is 0.431 e. The van der Waals surface area contributed by atoms with E-state index in [1.165, 1.54) is 6.20 Å². The third-order valence-corrected chi connectivity index (χ3v) is 6.51. The minimum absolute atomic E-state index is 0.271. The van der Waals surface area contributed by atoms with Gasteiger partial charge in [0, 0.05) is 42.3 Å². The van der Waals surface area contributed by atoms with E-state index in [0.717, 1.165) is 45.1 Å². The van der Waals surface area contributed by atoms with Gasteiger partial charge in [-0.2, -0.15) is 5.01 Å². The Morgan fingerprint density at radius 3 is 2.37 bits per heavy atom. The smallest absolute Gasteiger partial charge is 0.431 e. The average Bonchev–Trinajstić information content (AvgIpc) is 3.40. The number of aromatic nitrogens is 1. The SMILES string of the molecule is CN(C)CCN(C)c1ccc2cc(C(=O)NN(C(=O)O)c3ccc(-c4cccs4)cc3)cnc2c1. The lowest BCUT2D eigenvalue weighted by atomic mass is 10.1. The Balaban J connectivity index is 1.50. The number of hydrogen-bond acceptors (Lipinski definition) is 6. The predicted molar refractivity (Wildman–Crippen MR) is 141 cm³/mol. The molecule has 9 heteroatoms. The number of likely N-dealkylation sites (N-methyl/N-ethyl adjacent to an activating group) is 2. The van der Waals surface area contributed by atoms with Crippen molar-refractivity contribution < 1.29 is 14.7 Å². The van der Waals surface area contributed by atoms with Crippen molar-refractivity contribution >= 4 is 45.6 Å². The van der Waals surface area contributed by atoms with Crippen LogP contribution >= 0.6 is 11.3 Å². The number of thiophene rings is 1. The second-order valence-corrected chi connectivity index (χ2v) is 9.36. The van der Waals surface area contributed by atoms with Crippen LogP contribution in [0.2, 0.25) is 0 Å². The Labute approximate surface area is 208 Å². The molecule has 8 nitrogen and oxygen atoms in total. The van der Waals surface area contributed by atoms with Crippen molar-refractivity contribution in [3.63, 3.8) is 0 Å². The molecule has 35 heavy (non-hydrogen) atoms. The lowest BCUT2D eigenvalue weighted by Crippen LogP contribution is -2.45. The van der Waals surface area contributed by atoms with Gasteiger partial charge in [-0.1, -0.05) is 24.3 Å². The van der Waals surface area contributed by atoms with Crippen LogP contribution in [-0.4, -0.2) is 61.2 Å². The van der Waals surface area contributed by atoms with Crippen molar-refractivity contribution in [3.05, 3.63) is 77.8 Å². The van der Waals surface area contributed by atoms with Gasteiger partial charge in [-0.05, 0) is 61.4 Å². The summed E-state index contributed by atoms with van der Waals surface area (Å²) in [6.07, 6.45) is 0.169. The highest BCUT2D eigenvalue weighted by molar-refractivity contribution is 7.13. The molecule has 0 saturated carbocycles. The second-order valence-electron chi connectivity index (χ2n) is 8.41. The quantitative estimate of drug-likeness (QED) is 0.363. The molecule has 4 aromatic rings. The van der Waals surface area contributed by atoms with E-state index in [9.17, 15) is 14.7 Å². The van der Waals surface area contributed by atoms with Crippen LogP contribution in [0.4, 0.5) is 16.2 Å². The van der Waals surface area contributed by atoms with Gasteiger partial charge in [0.15, 0.2) is 0 Å². The highest BCUT2D eigenvalue weighted by atomic mass is 32.1. The molecule has 2 heterocycles. The number of carboxylic acid groups (broad SMARTS) is 1. The molecule has 0 fully saturated rings. The molecule has 0 aliphatic heterocycles. The monoisotopic (exact) mass is 489 g/mol. The summed E-state index contributed by atoms with van der Waals surface area (Å²) in [5.41, 5.74) is 5.85. The van der Waals surface area contributed by atoms with Crippen LogP contribution in [0.3, 0.4) is 0 Å². The number of benzene rings is 2. The number of rotatable bonds is 7. The molecule has 0 unspecified atom stereocenters. The van der Waals surface area contributed by atoms with Gasteiger partial charge in [-0.25, -0.2) is 4.79 Å². The first kappa shape index (κ1) is 24.2. The van der Waals surface area contributed by atoms with Crippen LogP contribution in [0.25, 0.3) is 21.3 Å². The number of amides is 2. The molecule has 0 aliphatic carbocycles. The number of hydrazine groups is 1. The fourth-order valence-corrected chi connectivity index (χ4v) is 4.29. The number of nitrogens with one attached hydrogen (secondary N) is 1. The van der Waals surface area contributed by atoms with E-state index in [-0.39, 0.29) is 5.56 Å². The molecular formula is C26H27N5O3S. The van der Waals surface area contributed by atoms with E-state index in [1.807, 2.05) is 69.0 Å². The zero-order valence-electron chi connectivity index (χ0n) is 19.8. The Hall–Kier alpha value is -3.95. The number of hydrogen-bond donors (Lipinski definition) is 2. The molecule has 2 amide bonds. The summed E-state index contributed by atoms with van der Waals surface area (Å²) in [7, 11) is 6.10. The Morgan fingerprint density at radius 2 is 1.71 bits per heavy atom. The highest BCUT2D eigenvalue weighted by Crippen LogP contribution is 2.27. The first-order valence-electron chi connectivity index (χ1n) is 11.1. The molecule has 0 aliphatic rings. The summed E-state index contributed by atoms with van der Waals surface area (Å²) >= 11 is 1.60. The molecule has 180 valence electrons. The summed E-state index contributed by atoms with van der Waals surface area (Å²) < 4.78 is 0. The van der Waals surface area contributed by atoms with Crippen LogP contribution in [0.5, 0.6) is 0 Å². The normalized spacial score (nSPS) is 11.0. The van der Waals surface area contributed by atoms with Crippen molar-refractivity contribution in [3.8, 4) is 10.4 Å². The Kier molecular flexibility index (Phi) is 7.28. The summed E-state index contributed by atoms with van der Waals surface area (Å²) in [6, 6.07) is 18.5. The van der Waals surface area contributed by atoms with E-state index < -0.39 is 12.0 Å². The minimum atomic E-state index is -1.29. The van der Waals surface area contributed by atoms with Crippen molar-refractivity contribution in [2.45, 2.75) is 0 Å². The lowest BCUT2D eigenvalue weighted by molar-refractivity contribution is 0.0944. The molecular weight excluding hydrogens is 462 g/mol. The largest absolute Gasteiger partial charge is 0.463 e. The predicted octanol–water partition coefficient (Wildman–Crippen LogP) is 4.79. The molecule has 0 radical (unpaired) electrons. The average molecular weight is 490 g/mol. The Morgan fingerprint density at radius 1 is 0.971 bits per heavy atom. The highest BCUT2D eigenvalue weighted by Gasteiger charge is 2.19. The van der Waals surface area contributed by atoms with Gasteiger partial charge in [0.2, 0.25) is 0 Å². The standard InChI is InChI=1S/C26H27N5O3S/c1-29(2)12-13-30(3)22-11-8-19-15-20(17-27-23(19)16-22)25(32)28-31(26(33)34)21-9-6-18(7-10-21)24-5-4-14-35-24/h4-11,14-17H,12-13H2,1-3H3,(H,28,32)(H,33,34). The maximum atomic E-state index is 12.9. The summed E-state index contributed by atoms with van der Waals surface area (Å²) in [5, 5.41) is 13.3. The number of carbonyl (C=O) groups excluding carboxylic acids is 1. The maximum absolute atomic E-state index is 12.9. The molecule has 0 spiro atoms. The third kappa shape index (κ3) is 5.76. The number of anilines is 2. The summed E-state index contributed by atoms with van der Waals surface area (Å²) in [6.45, 7) is 1.80. The fraction of sp³-hybridized carbons (Fsp3) is 0.192. The second kappa shape index (κ2) is 10.5. The van der Waals surface area contributed by atoms with Gasteiger partial charge >= 0.3 is 6.09 Å². The molecule has 2 N–H and O–H groups in total. The number of fused-ring (bicyclic) bond motifs is 1. The zero-order valence-corrected chi connectivity index (χ0v) is 20.6. The first-order chi connectivity index (χ1) is 16.8. The van der Waals surface area contributed by atoms with Gasteiger partial charge in [0.1, 0.15) is 0 Å². The number of pyridine rings is 1. The topological polar surface area (TPSA) is 89.0 Å². The van der Waals surface area contributed by atoms with Crippen molar-refractivity contribution in [2.75, 3.05) is 44.1 Å². The van der Waals surface area contributed by atoms with Gasteiger partial charge in [-0.15, -0.1) is 11.3 Å². The van der Waals surface area contributed by atoms with E-state index >= 15 is 0 Å². The van der Waals surface area contributed by atoms with Crippen LogP contribution in [0.15, 0.2) is 72.2 Å². The zero-order chi connectivity index (χ0) is 24.9. The Bertz CT molecular complexity index is 1320. The number of nitrogens with zero attached hydrogens (tertiary/aromatic N) is 4. The molecule has 4 rings (SSSR count). The molecule has 0 bridgehead atoms. The van der Waals surface area contributed by atoms with E-state index in [1.54, 1.807) is 29.5 Å². The van der Waals surface area contributed by atoms with Gasteiger partial charge < -0.3 is 14.9 Å². The van der Waals surface area contributed by atoms with E-state index in [0.29, 0.717) is 5.69 Å². The molecule has 0 atom stereocenters. The molecule has 0 saturated heterocycles. The van der Waals surface area contributed by atoms with Crippen LogP contribution in [-0.2, 0) is 0 Å². The van der Waals surface area contributed by atoms with Crippen molar-refractivity contribution in [2.24, 2.45) is 0 Å². The lowest BCUT2D eigenvalue weighted by Gasteiger charge is -2.22. The summed E-state index contributed by atoms with van der Waals surface area (Å²) in [4.78, 5) is 34.6. The third-order valence-electron chi connectivity index (χ3n) is 5.59.